The Morgan fingerprint density at radius 2 is 2.18 bits per heavy atom. The van der Waals surface area contributed by atoms with Gasteiger partial charge in [-0.2, -0.15) is 0 Å². The zero-order chi connectivity index (χ0) is 12.3. The van der Waals surface area contributed by atoms with Gasteiger partial charge in [0.15, 0.2) is 6.79 Å². The minimum Gasteiger partial charge on any atom is -0.467 e. The lowest BCUT2D eigenvalue weighted by Gasteiger charge is -2.31. The van der Waals surface area contributed by atoms with Gasteiger partial charge in [-0.05, 0) is 25.5 Å². The highest BCUT2D eigenvalue weighted by Crippen LogP contribution is 2.23. The van der Waals surface area contributed by atoms with Crippen LogP contribution in [0.5, 0.6) is 5.75 Å². The zero-order valence-electron chi connectivity index (χ0n) is 10.2. The molecule has 0 saturated carbocycles. The lowest BCUT2D eigenvalue weighted by molar-refractivity contribution is 0.0478. The second kappa shape index (κ2) is 5.19. The molecule has 0 N–H and O–H groups in total. The van der Waals surface area contributed by atoms with Crippen molar-refractivity contribution in [3.05, 3.63) is 29.3 Å². The third-order valence-electron chi connectivity index (χ3n) is 2.84. The van der Waals surface area contributed by atoms with Crippen LogP contribution in [0.3, 0.4) is 0 Å². The van der Waals surface area contributed by atoms with Gasteiger partial charge in [-0.15, -0.1) is 0 Å². The van der Waals surface area contributed by atoms with Crippen LogP contribution in [0.15, 0.2) is 18.2 Å². The number of nitrogens with zero attached hydrogens (tertiary/aromatic N) is 1. The quantitative estimate of drug-likeness (QED) is 0.747. The number of rotatable bonds is 4. The molecule has 92 valence electrons. The third kappa shape index (κ3) is 2.58. The minimum absolute atomic E-state index is 0.0473. The second-order valence-corrected chi connectivity index (χ2v) is 4.20. The van der Waals surface area contributed by atoms with Crippen LogP contribution in [0.2, 0.25) is 0 Å². The van der Waals surface area contributed by atoms with Crippen LogP contribution in [0.4, 0.5) is 0 Å². The van der Waals surface area contributed by atoms with E-state index in [0.717, 1.165) is 25.1 Å². The van der Waals surface area contributed by atoms with E-state index in [9.17, 15) is 4.79 Å². The van der Waals surface area contributed by atoms with Gasteiger partial charge < -0.3 is 14.4 Å². The van der Waals surface area contributed by atoms with Crippen molar-refractivity contribution in [1.82, 2.24) is 4.90 Å². The minimum atomic E-state index is 0.0473. The molecule has 0 atom stereocenters. The van der Waals surface area contributed by atoms with E-state index in [4.69, 9.17) is 9.47 Å². The second-order valence-electron chi connectivity index (χ2n) is 4.20. The van der Waals surface area contributed by atoms with E-state index in [1.807, 2.05) is 30.0 Å². The number of likely N-dealkylation sites (tertiary alicyclic amines) is 1. The summed E-state index contributed by atoms with van der Waals surface area (Å²) in [5, 5.41) is 0. The molecule has 17 heavy (non-hydrogen) atoms. The van der Waals surface area contributed by atoms with Gasteiger partial charge in [0.1, 0.15) is 5.75 Å². The average molecular weight is 235 g/mol. The molecular formula is C13H17NO3. The first-order valence-electron chi connectivity index (χ1n) is 5.74. The van der Waals surface area contributed by atoms with Crippen molar-refractivity contribution < 1.29 is 14.3 Å². The highest BCUT2D eigenvalue weighted by atomic mass is 16.7. The van der Waals surface area contributed by atoms with Gasteiger partial charge in [-0.3, -0.25) is 4.79 Å². The lowest BCUT2D eigenvalue weighted by atomic mass is 10.1. The number of methoxy groups -OCH3 is 1. The molecule has 0 unspecified atom stereocenters. The van der Waals surface area contributed by atoms with Gasteiger partial charge in [0, 0.05) is 20.2 Å². The molecule has 1 aliphatic rings. The predicted molar refractivity (Wildman–Crippen MR) is 64.2 cm³/mol. The molecule has 1 saturated heterocycles. The largest absolute Gasteiger partial charge is 0.467 e. The fraction of sp³-hybridized carbons (Fsp3) is 0.462. The van der Waals surface area contributed by atoms with Crippen LogP contribution in [-0.4, -0.2) is 37.8 Å². The van der Waals surface area contributed by atoms with E-state index in [0.29, 0.717) is 11.3 Å². The number of amides is 1. The Morgan fingerprint density at radius 1 is 1.41 bits per heavy atom. The fourth-order valence-corrected chi connectivity index (χ4v) is 1.75. The van der Waals surface area contributed by atoms with Crippen LogP contribution >= 0.6 is 0 Å². The van der Waals surface area contributed by atoms with E-state index >= 15 is 0 Å². The maximum atomic E-state index is 12.2. The molecule has 1 aliphatic heterocycles. The van der Waals surface area contributed by atoms with E-state index in [2.05, 4.69) is 0 Å². The topological polar surface area (TPSA) is 38.8 Å². The highest BCUT2D eigenvalue weighted by molar-refractivity contribution is 5.97. The Hall–Kier alpha value is -1.55. The summed E-state index contributed by atoms with van der Waals surface area (Å²) in [5.74, 6) is 0.639. The van der Waals surface area contributed by atoms with E-state index in [1.54, 1.807) is 7.11 Å². The number of carbonyl (C=O) groups excluding carboxylic acids is 1. The van der Waals surface area contributed by atoms with Crippen LogP contribution in [-0.2, 0) is 4.74 Å². The number of carbonyl (C=O) groups is 1. The third-order valence-corrected chi connectivity index (χ3v) is 2.84. The Morgan fingerprint density at radius 3 is 2.76 bits per heavy atom. The normalized spacial score (nSPS) is 14.4. The maximum Gasteiger partial charge on any atom is 0.257 e. The van der Waals surface area contributed by atoms with Gasteiger partial charge in [0.2, 0.25) is 0 Å². The van der Waals surface area contributed by atoms with Crippen molar-refractivity contribution >= 4 is 5.91 Å². The molecule has 4 nitrogen and oxygen atoms in total. The molecule has 1 aromatic carbocycles. The smallest absolute Gasteiger partial charge is 0.257 e. The van der Waals surface area contributed by atoms with Crippen LogP contribution in [0.25, 0.3) is 0 Å². The van der Waals surface area contributed by atoms with Gasteiger partial charge in [-0.1, -0.05) is 11.6 Å². The number of ether oxygens (including phenoxy) is 2. The molecule has 1 aromatic rings. The van der Waals surface area contributed by atoms with Crippen LogP contribution in [0, 0.1) is 6.92 Å². The first kappa shape index (κ1) is 11.9. The molecular weight excluding hydrogens is 218 g/mol. The number of hydrogen-bond donors (Lipinski definition) is 0. The summed E-state index contributed by atoms with van der Waals surface area (Å²) in [6.07, 6.45) is 1.09. The maximum absolute atomic E-state index is 12.2. The molecule has 0 radical (unpaired) electrons. The van der Waals surface area contributed by atoms with Crippen molar-refractivity contribution in [3.63, 3.8) is 0 Å². The van der Waals surface area contributed by atoms with E-state index in [-0.39, 0.29) is 12.7 Å². The first-order chi connectivity index (χ1) is 8.22. The SMILES string of the molecule is COCOc1ccc(C)cc1C(=O)N1CCC1. The molecule has 2 rings (SSSR count). The molecule has 4 heteroatoms. The predicted octanol–water partition coefficient (Wildman–Crippen LogP) is 1.82. The Balaban J connectivity index is 2.22. The Kier molecular flexibility index (Phi) is 3.64. The summed E-state index contributed by atoms with van der Waals surface area (Å²) in [6, 6.07) is 5.62. The van der Waals surface area contributed by atoms with Gasteiger partial charge in [0.05, 0.1) is 5.56 Å². The Bertz CT molecular complexity index is 413. The van der Waals surface area contributed by atoms with Crippen molar-refractivity contribution in [1.29, 1.82) is 0 Å². The van der Waals surface area contributed by atoms with Crippen LogP contribution < -0.4 is 4.74 Å². The number of hydrogen-bond acceptors (Lipinski definition) is 3. The van der Waals surface area contributed by atoms with Crippen molar-refractivity contribution in [2.24, 2.45) is 0 Å². The highest BCUT2D eigenvalue weighted by Gasteiger charge is 2.24. The standard InChI is InChI=1S/C13H17NO3/c1-10-4-5-12(17-9-16-2)11(8-10)13(15)14-6-3-7-14/h4-5,8H,3,6-7,9H2,1-2H3. The molecule has 0 bridgehead atoms. The van der Waals surface area contributed by atoms with Crippen LogP contribution in [0.1, 0.15) is 22.3 Å². The molecule has 0 spiro atoms. The van der Waals surface area contributed by atoms with Gasteiger partial charge in [-0.25, -0.2) is 0 Å². The molecule has 0 aliphatic carbocycles. The summed E-state index contributed by atoms with van der Waals surface area (Å²) < 4.78 is 10.3. The number of aryl methyl sites for hydroxylation is 1. The Labute approximate surface area is 101 Å². The van der Waals surface area contributed by atoms with Crippen molar-refractivity contribution in [3.8, 4) is 5.75 Å². The molecule has 0 aromatic heterocycles. The molecule has 1 amide bonds. The summed E-state index contributed by atoms with van der Waals surface area (Å²) in [6.45, 7) is 3.81. The average Bonchev–Trinajstić information content (AvgIpc) is 2.25. The monoisotopic (exact) mass is 235 g/mol. The van der Waals surface area contributed by atoms with Crippen molar-refractivity contribution in [2.45, 2.75) is 13.3 Å². The van der Waals surface area contributed by atoms with Crippen molar-refractivity contribution in [2.75, 3.05) is 27.0 Å². The summed E-state index contributed by atoms with van der Waals surface area (Å²) >= 11 is 0. The zero-order valence-corrected chi connectivity index (χ0v) is 10.2. The fourth-order valence-electron chi connectivity index (χ4n) is 1.75. The van der Waals surface area contributed by atoms with Gasteiger partial charge in [0.25, 0.3) is 5.91 Å². The van der Waals surface area contributed by atoms with E-state index in [1.165, 1.54) is 0 Å². The lowest BCUT2D eigenvalue weighted by Crippen LogP contribution is -2.42. The molecule has 1 fully saturated rings. The number of benzene rings is 1. The summed E-state index contributed by atoms with van der Waals surface area (Å²) in [4.78, 5) is 14.0. The summed E-state index contributed by atoms with van der Waals surface area (Å²) in [5.41, 5.74) is 1.68. The first-order valence-corrected chi connectivity index (χ1v) is 5.74. The van der Waals surface area contributed by atoms with Gasteiger partial charge >= 0.3 is 0 Å². The summed E-state index contributed by atoms with van der Waals surface area (Å²) in [7, 11) is 1.56. The molecule has 1 heterocycles. The van der Waals surface area contributed by atoms with E-state index < -0.39 is 0 Å².